The van der Waals surface area contributed by atoms with Gasteiger partial charge >= 0.3 is 0 Å². The van der Waals surface area contributed by atoms with Crippen molar-refractivity contribution in [2.45, 2.75) is 38.8 Å². The second-order valence-electron chi connectivity index (χ2n) is 6.42. The molecule has 0 unspecified atom stereocenters. The number of fused-ring (bicyclic) bond motifs is 1. The third-order valence-electron chi connectivity index (χ3n) is 4.74. The highest BCUT2D eigenvalue weighted by Crippen LogP contribution is 2.20. The molecular formula is C17H24N4O. The molecule has 0 aliphatic carbocycles. The molecule has 1 saturated heterocycles. The van der Waals surface area contributed by atoms with Gasteiger partial charge < -0.3 is 14.8 Å². The molecule has 1 aliphatic heterocycles. The van der Waals surface area contributed by atoms with Crippen LogP contribution in [0.4, 0.5) is 0 Å². The highest BCUT2D eigenvalue weighted by atomic mass is 16.2. The molecule has 0 atom stereocenters. The zero-order valence-electron chi connectivity index (χ0n) is 13.5. The lowest BCUT2D eigenvalue weighted by molar-refractivity contribution is 0.0615. The quantitative estimate of drug-likeness (QED) is 0.947. The maximum atomic E-state index is 12.7. The molecule has 0 saturated carbocycles. The second-order valence-corrected chi connectivity index (χ2v) is 6.42. The first-order valence-electron chi connectivity index (χ1n) is 8.00. The predicted molar refractivity (Wildman–Crippen MR) is 87.9 cm³/mol. The minimum Gasteiger partial charge on any atom is -0.346 e. The van der Waals surface area contributed by atoms with Crippen LogP contribution in [0.1, 0.15) is 37.0 Å². The van der Waals surface area contributed by atoms with Gasteiger partial charge in [-0.2, -0.15) is 0 Å². The number of likely N-dealkylation sites (tertiary alicyclic amines) is 1. The van der Waals surface area contributed by atoms with Gasteiger partial charge in [-0.3, -0.25) is 4.79 Å². The highest BCUT2D eigenvalue weighted by molar-refractivity contribution is 5.96. The van der Waals surface area contributed by atoms with Crippen molar-refractivity contribution in [1.82, 2.24) is 19.8 Å². The van der Waals surface area contributed by atoms with Crippen molar-refractivity contribution in [1.29, 1.82) is 0 Å². The molecule has 0 aromatic carbocycles. The van der Waals surface area contributed by atoms with Crippen molar-refractivity contribution in [3.8, 4) is 0 Å². The Morgan fingerprint density at radius 3 is 2.82 bits per heavy atom. The molecule has 5 nitrogen and oxygen atoms in total. The van der Waals surface area contributed by atoms with Crippen LogP contribution in [-0.4, -0.2) is 57.9 Å². The van der Waals surface area contributed by atoms with Crippen LogP contribution in [-0.2, 0) is 0 Å². The molecule has 0 spiro atoms. The van der Waals surface area contributed by atoms with Gasteiger partial charge in [0.25, 0.3) is 5.91 Å². The number of hydrogen-bond acceptors (Lipinski definition) is 3. The average molecular weight is 300 g/mol. The fourth-order valence-electron chi connectivity index (χ4n) is 3.22. The number of carbonyl (C=O) groups is 1. The molecule has 3 rings (SSSR count). The fraction of sp³-hybridized carbons (Fsp3) is 0.529. The molecule has 1 amide bonds. The van der Waals surface area contributed by atoms with E-state index in [0.717, 1.165) is 37.0 Å². The number of H-pyrrole nitrogens is 1. The monoisotopic (exact) mass is 300 g/mol. The van der Waals surface area contributed by atoms with E-state index in [2.05, 4.69) is 28.7 Å². The summed E-state index contributed by atoms with van der Waals surface area (Å²) in [6.07, 6.45) is 5.60. The summed E-state index contributed by atoms with van der Waals surface area (Å²) in [5, 5.41) is 0.980. The number of amides is 1. The maximum Gasteiger partial charge on any atom is 0.255 e. The Bertz CT molecular complexity index is 655. The fourth-order valence-corrected chi connectivity index (χ4v) is 3.22. The number of piperidine rings is 1. The van der Waals surface area contributed by atoms with Crippen molar-refractivity contribution in [3.63, 3.8) is 0 Å². The molecule has 118 valence electrons. The minimum atomic E-state index is 0.0681. The normalized spacial score (nSPS) is 17.3. The second kappa shape index (κ2) is 6.08. The van der Waals surface area contributed by atoms with Gasteiger partial charge in [0, 0.05) is 50.0 Å². The number of rotatable bonds is 3. The van der Waals surface area contributed by atoms with Gasteiger partial charge in [0.1, 0.15) is 5.65 Å². The number of carbonyl (C=O) groups excluding carboxylic acids is 1. The van der Waals surface area contributed by atoms with Crippen molar-refractivity contribution < 1.29 is 4.79 Å². The SMILES string of the molecule is CC(C)N1CCC(N(C)C(=O)c2cnc3[nH]ccc3c2)CC1. The van der Waals surface area contributed by atoms with Gasteiger partial charge in [-0.25, -0.2) is 4.98 Å². The zero-order valence-corrected chi connectivity index (χ0v) is 13.5. The summed E-state index contributed by atoms with van der Waals surface area (Å²) in [6, 6.07) is 4.77. The molecule has 1 N–H and O–H groups in total. The summed E-state index contributed by atoms with van der Waals surface area (Å²) in [5.74, 6) is 0.0681. The van der Waals surface area contributed by atoms with Gasteiger partial charge in [-0.1, -0.05) is 0 Å². The van der Waals surface area contributed by atoms with Crippen LogP contribution in [0.3, 0.4) is 0 Å². The lowest BCUT2D eigenvalue weighted by Gasteiger charge is -2.38. The third kappa shape index (κ3) is 2.86. The number of aromatic amines is 1. The summed E-state index contributed by atoms with van der Waals surface area (Å²) >= 11 is 0. The number of hydrogen-bond donors (Lipinski definition) is 1. The zero-order chi connectivity index (χ0) is 15.7. The topological polar surface area (TPSA) is 52.2 Å². The minimum absolute atomic E-state index is 0.0681. The Kier molecular flexibility index (Phi) is 4.16. The Morgan fingerprint density at radius 1 is 1.41 bits per heavy atom. The third-order valence-corrected chi connectivity index (χ3v) is 4.74. The van der Waals surface area contributed by atoms with Crippen LogP contribution in [0.25, 0.3) is 11.0 Å². The molecule has 0 radical (unpaired) electrons. The van der Waals surface area contributed by atoms with Crippen LogP contribution in [0.15, 0.2) is 24.5 Å². The van der Waals surface area contributed by atoms with E-state index in [1.54, 1.807) is 6.20 Å². The van der Waals surface area contributed by atoms with E-state index >= 15 is 0 Å². The van der Waals surface area contributed by atoms with E-state index in [4.69, 9.17) is 0 Å². The molecule has 5 heteroatoms. The van der Waals surface area contributed by atoms with Crippen LogP contribution in [0.5, 0.6) is 0 Å². The van der Waals surface area contributed by atoms with Gasteiger partial charge in [0.2, 0.25) is 0 Å². The Balaban J connectivity index is 1.69. The van der Waals surface area contributed by atoms with Crippen molar-refractivity contribution in [3.05, 3.63) is 30.1 Å². The van der Waals surface area contributed by atoms with E-state index in [0.29, 0.717) is 17.6 Å². The van der Waals surface area contributed by atoms with Crippen LogP contribution in [0, 0.1) is 0 Å². The average Bonchev–Trinajstić information content (AvgIpc) is 3.01. The lowest BCUT2D eigenvalue weighted by atomic mass is 10.0. The van der Waals surface area contributed by atoms with E-state index in [-0.39, 0.29) is 5.91 Å². The first kappa shape index (κ1) is 15.0. The first-order chi connectivity index (χ1) is 10.6. The Labute approximate surface area is 131 Å². The van der Waals surface area contributed by atoms with Gasteiger partial charge in [-0.15, -0.1) is 0 Å². The molecule has 1 fully saturated rings. The molecule has 2 aromatic heterocycles. The summed E-state index contributed by atoms with van der Waals surface area (Å²) in [6.45, 7) is 6.59. The smallest absolute Gasteiger partial charge is 0.255 e. The van der Waals surface area contributed by atoms with E-state index in [1.165, 1.54) is 0 Å². The maximum absolute atomic E-state index is 12.7. The summed E-state index contributed by atoms with van der Waals surface area (Å²) in [4.78, 5) is 24.4. The molecule has 3 heterocycles. The van der Waals surface area contributed by atoms with E-state index in [9.17, 15) is 4.79 Å². The highest BCUT2D eigenvalue weighted by Gasteiger charge is 2.27. The molecule has 0 bridgehead atoms. The number of aromatic nitrogens is 2. The summed E-state index contributed by atoms with van der Waals surface area (Å²) in [5.41, 5.74) is 1.49. The summed E-state index contributed by atoms with van der Waals surface area (Å²) in [7, 11) is 1.92. The van der Waals surface area contributed by atoms with Gasteiger partial charge in [-0.05, 0) is 38.8 Å². The predicted octanol–water partition coefficient (Wildman–Crippen LogP) is 2.51. The summed E-state index contributed by atoms with van der Waals surface area (Å²) < 4.78 is 0. The number of nitrogens with one attached hydrogen (secondary N) is 1. The van der Waals surface area contributed by atoms with Crippen LogP contribution >= 0.6 is 0 Å². The lowest BCUT2D eigenvalue weighted by Crippen LogP contribution is -2.47. The first-order valence-corrected chi connectivity index (χ1v) is 8.00. The van der Waals surface area contributed by atoms with E-state index in [1.807, 2.05) is 30.3 Å². The molecular weight excluding hydrogens is 276 g/mol. The molecule has 22 heavy (non-hydrogen) atoms. The largest absolute Gasteiger partial charge is 0.346 e. The number of nitrogens with zero attached hydrogens (tertiary/aromatic N) is 3. The molecule has 1 aliphatic rings. The van der Waals surface area contributed by atoms with E-state index < -0.39 is 0 Å². The van der Waals surface area contributed by atoms with Crippen molar-refractivity contribution in [2.24, 2.45) is 0 Å². The van der Waals surface area contributed by atoms with Gasteiger partial charge in [0.15, 0.2) is 0 Å². The number of pyridine rings is 1. The van der Waals surface area contributed by atoms with Gasteiger partial charge in [0.05, 0.1) is 5.56 Å². The Morgan fingerprint density at radius 2 is 2.14 bits per heavy atom. The standard InChI is InChI=1S/C17H24N4O/c1-12(2)21-8-5-15(6-9-21)20(3)17(22)14-10-13-4-7-18-16(13)19-11-14/h4,7,10-12,15H,5-6,8-9H2,1-3H3,(H,18,19). The molecule has 2 aromatic rings. The van der Waals surface area contributed by atoms with Crippen molar-refractivity contribution >= 4 is 16.9 Å². The Hall–Kier alpha value is -1.88. The van der Waals surface area contributed by atoms with Crippen molar-refractivity contribution in [2.75, 3.05) is 20.1 Å². The van der Waals surface area contributed by atoms with Crippen LogP contribution in [0.2, 0.25) is 0 Å². The van der Waals surface area contributed by atoms with Crippen LogP contribution < -0.4 is 0 Å².